The Morgan fingerprint density at radius 2 is 1.57 bits per heavy atom. The van der Waals surface area contributed by atoms with E-state index in [-0.39, 0.29) is 28.5 Å². The van der Waals surface area contributed by atoms with Crippen molar-refractivity contribution in [1.82, 2.24) is 5.32 Å². The van der Waals surface area contributed by atoms with Crippen LogP contribution in [0.25, 0.3) is 0 Å². The Morgan fingerprint density at radius 1 is 0.900 bits per heavy atom. The van der Waals surface area contributed by atoms with Crippen LogP contribution in [-0.2, 0) is 0 Å². The number of methoxy groups -OCH3 is 2. The fraction of sp³-hybridized carbons (Fsp3) is 0.391. The van der Waals surface area contributed by atoms with Crippen LogP contribution in [0.15, 0.2) is 36.4 Å². The van der Waals surface area contributed by atoms with E-state index in [1.54, 1.807) is 12.1 Å². The number of hydrogen-bond donors (Lipinski definition) is 3. The van der Waals surface area contributed by atoms with Gasteiger partial charge in [0.25, 0.3) is 11.8 Å². The van der Waals surface area contributed by atoms with Crippen LogP contribution in [0.4, 0.5) is 5.69 Å². The van der Waals surface area contributed by atoms with E-state index < -0.39 is 5.91 Å². The maximum atomic E-state index is 12.8. The topological polar surface area (TPSA) is 96.9 Å². The molecule has 0 unspecified atom stereocenters. The lowest BCUT2D eigenvalue weighted by atomic mass is 10.1. The van der Waals surface area contributed by atoms with E-state index in [0.717, 1.165) is 25.7 Å². The highest BCUT2D eigenvalue weighted by Crippen LogP contribution is 2.34. The van der Waals surface area contributed by atoms with Crippen molar-refractivity contribution in [2.24, 2.45) is 0 Å². The summed E-state index contributed by atoms with van der Waals surface area (Å²) < 4.78 is 10.6. The number of benzene rings is 2. The first-order chi connectivity index (χ1) is 14.5. The van der Waals surface area contributed by atoms with E-state index in [9.17, 15) is 14.7 Å². The third kappa shape index (κ3) is 6.14. The second kappa shape index (κ2) is 11.7. The molecular weight excluding hydrogens is 384 g/mol. The van der Waals surface area contributed by atoms with Gasteiger partial charge in [0.05, 0.1) is 31.0 Å². The number of carbonyl (C=O) groups excluding carboxylic acids is 2. The second-order valence-corrected chi connectivity index (χ2v) is 6.89. The van der Waals surface area contributed by atoms with E-state index in [1.807, 2.05) is 0 Å². The predicted molar refractivity (Wildman–Crippen MR) is 117 cm³/mol. The lowest BCUT2D eigenvalue weighted by molar-refractivity contribution is 0.0953. The summed E-state index contributed by atoms with van der Waals surface area (Å²) in [5.74, 6) is -0.242. The first kappa shape index (κ1) is 23.1. The number of nitrogens with one attached hydrogen (secondary N) is 2. The number of amides is 2. The molecule has 162 valence electrons. The van der Waals surface area contributed by atoms with Crippen LogP contribution in [0.2, 0.25) is 0 Å². The number of phenols is 1. The summed E-state index contributed by atoms with van der Waals surface area (Å²) in [6, 6.07) is 9.27. The number of aromatic hydroxyl groups is 1. The van der Waals surface area contributed by atoms with Crippen molar-refractivity contribution in [2.45, 2.75) is 39.0 Å². The summed E-state index contributed by atoms with van der Waals surface area (Å²) in [7, 11) is 2.95. The SMILES string of the molecule is CCCCCCCNC(=O)c1cc(OC)c(OC)cc1NC(=O)c1ccccc1O. The molecule has 30 heavy (non-hydrogen) atoms. The Morgan fingerprint density at radius 3 is 2.23 bits per heavy atom. The molecule has 0 heterocycles. The van der Waals surface area contributed by atoms with E-state index in [1.165, 1.54) is 44.9 Å². The lowest BCUT2D eigenvalue weighted by Gasteiger charge is -2.16. The van der Waals surface area contributed by atoms with Gasteiger partial charge >= 0.3 is 0 Å². The molecule has 0 atom stereocenters. The number of anilines is 1. The van der Waals surface area contributed by atoms with Gasteiger partial charge in [0, 0.05) is 12.6 Å². The number of hydrogen-bond acceptors (Lipinski definition) is 5. The third-order valence-corrected chi connectivity index (χ3v) is 4.73. The van der Waals surface area contributed by atoms with Crippen LogP contribution >= 0.6 is 0 Å². The van der Waals surface area contributed by atoms with Crippen LogP contribution in [-0.4, -0.2) is 37.7 Å². The maximum absolute atomic E-state index is 12.8. The Kier molecular flexibility index (Phi) is 9.00. The largest absolute Gasteiger partial charge is 0.507 e. The van der Waals surface area contributed by atoms with Gasteiger partial charge in [0.2, 0.25) is 0 Å². The zero-order valence-electron chi connectivity index (χ0n) is 17.8. The fourth-order valence-corrected chi connectivity index (χ4v) is 3.05. The van der Waals surface area contributed by atoms with Gasteiger partial charge in [-0.2, -0.15) is 0 Å². The summed E-state index contributed by atoms with van der Waals surface area (Å²) in [5.41, 5.74) is 0.629. The summed E-state index contributed by atoms with van der Waals surface area (Å²) >= 11 is 0. The Hall–Kier alpha value is -3.22. The van der Waals surface area contributed by atoms with E-state index in [2.05, 4.69) is 17.6 Å². The van der Waals surface area contributed by atoms with Crippen LogP contribution in [0.1, 0.15) is 59.7 Å². The van der Waals surface area contributed by atoms with Crippen molar-refractivity contribution in [3.05, 3.63) is 47.5 Å². The van der Waals surface area contributed by atoms with Crippen molar-refractivity contribution < 1.29 is 24.2 Å². The maximum Gasteiger partial charge on any atom is 0.259 e. The summed E-state index contributed by atoms with van der Waals surface area (Å²) in [6.07, 6.45) is 5.43. The minimum atomic E-state index is -0.533. The predicted octanol–water partition coefficient (Wildman–Crippen LogP) is 4.36. The van der Waals surface area contributed by atoms with Gasteiger partial charge in [-0.15, -0.1) is 0 Å². The van der Waals surface area contributed by atoms with Crippen molar-refractivity contribution in [3.63, 3.8) is 0 Å². The second-order valence-electron chi connectivity index (χ2n) is 6.89. The molecule has 2 aromatic carbocycles. The molecule has 7 nitrogen and oxygen atoms in total. The normalized spacial score (nSPS) is 10.4. The molecule has 0 aliphatic heterocycles. The van der Waals surface area contributed by atoms with Gasteiger partial charge in [0.1, 0.15) is 5.75 Å². The van der Waals surface area contributed by atoms with Crippen molar-refractivity contribution in [1.29, 1.82) is 0 Å². The minimum absolute atomic E-state index is 0.106. The number of ether oxygens (including phenoxy) is 2. The molecule has 0 saturated heterocycles. The van der Waals surface area contributed by atoms with Crippen LogP contribution in [0.3, 0.4) is 0 Å². The highest BCUT2D eigenvalue weighted by Gasteiger charge is 2.20. The van der Waals surface area contributed by atoms with E-state index >= 15 is 0 Å². The van der Waals surface area contributed by atoms with Gasteiger partial charge in [0.15, 0.2) is 11.5 Å². The van der Waals surface area contributed by atoms with E-state index in [4.69, 9.17) is 9.47 Å². The van der Waals surface area contributed by atoms with Crippen LogP contribution in [0.5, 0.6) is 17.2 Å². The number of rotatable bonds is 11. The molecule has 0 aliphatic rings. The fourth-order valence-electron chi connectivity index (χ4n) is 3.05. The first-order valence-corrected chi connectivity index (χ1v) is 10.1. The van der Waals surface area contributed by atoms with Crippen molar-refractivity contribution in [3.8, 4) is 17.2 Å². The molecule has 2 amide bonds. The van der Waals surface area contributed by atoms with Crippen LogP contribution in [0, 0.1) is 0 Å². The number of para-hydroxylation sites is 1. The van der Waals surface area contributed by atoms with Gasteiger partial charge in [-0.1, -0.05) is 44.7 Å². The van der Waals surface area contributed by atoms with E-state index in [0.29, 0.717) is 18.0 Å². The smallest absolute Gasteiger partial charge is 0.259 e. The molecule has 3 N–H and O–H groups in total. The molecule has 0 bridgehead atoms. The third-order valence-electron chi connectivity index (χ3n) is 4.73. The Bertz CT molecular complexity index is 867. The monoisotopic (exact) mass is 414 g/mol. The van der Waals surface area contributed by atoms with Crippen molar-refractivity contribution in [2.75, 3.05) is 26.1 Å². The molecule has 2 aromatic rings. The van der Waals surface area contributed by atoms with Crippen LogP contribution < -0.4 is 20.1 Å². The molecule has 0 spiro atoms. The zero-order valence-corrected chi connectivity index (χ0v) is 17.8. The highest BCUT2D eigenvalue weighted by atomic mass is 16.5. The number of phenolic OH excluding ortho intramolecular Hbond substituents is 1. The van der Waals surface area contributed by atoms with Gasteiger partial charge in [-0.3, -0.25) is 9.59 Å². The zero-order chi connectivity index (χ0) is 21.9. The molecule has 2 rings (SSSR count). The standard InChI is InChI=1S/C23H30N2O5/c1-4-5-6-7-10-13-24-22(27)17-14-20(29-2)21(30-3)15-18(17)25-23(28)16-11-8-9-12-19(16)26/h8-9,11-12,14-15,26H,4-7,10,13H2,1-3H3,(H,24,27)(H,25,28). The summed E-state index contributed by atoms with van der Waals surface area (Å²) in [6.45, 7) is 2.70. The summed E-state index contributed by atoms with van der Waals surface area (Å²) in [4.78, 5) is 25.4. The Labute approximate surface area is 177 Å². The molecule has 0 aromatic heterocycles. The molecule has 0 fully saturated rings. The summed E-state index contributed by atoms with van der Waals surface area (Å²) in [5, 5.41) is 15.5. The molecule has 0 aliphatic carbocycles. The van der Waals surface area contributed by atoms with Crippen molar-refractivity contribution >= 4 is 17.5 Å². The molecule has 7 heteroatoms. The Balaban J connectivity index is 2.21. The minimum Gasteiger partial charge on any atom is -0.507 e. The first-order valence-electron chi connectivity index (χ1n) is 10.1. The van der Waals surface area contributed by atoms with Gasteiger partial charge < -0.3 is 25.2 Å². The number of unbranched alkanes of at least 4 members (excludes halogenated alkanes) is 4. The molecule has 0 saturated carbocycles. The van der Waals surface area contributed by atoms with Gasteiger partial charge in [-0.25, -0.2) is 0 Å². The van der Waals surface area contributed by atoms with Gasteiger partial charge in [-0.05, 0) is 24.6 Å². The quantitative estimate of drug-likeness (QED) is 0.475. The lowest BCUT2D eigenvalue weighted by Crippen LogP contribution is -2.26. The highest BCUT2D eigenvalue weighted by molar-refractivity contribution is 6.10. The molecular formula is C23H30N2O5. The molecule has 0 radical (unpaired) electrons. The number of carbonyl (C=O) groups is 2. The average molecular weight is 415 g/mol. The average Bonchev–Trinajstić information content (AvgIpc) is 2.75.